The predicted octanol–water partition coefficient (Wildman–Crippen LogP) is 2.34. The van der Waals surface area contributed by atoms with E-state index in [0.29, 0.717) is 5.52 Å². The average Bonchev–Trinajstić information content (AvgIpc) is 2.63. The van der Waals surface area contributed by atoms with Crippen molar-refractivity contribution in [3.8, 4) is 0 Å². The molecule has 1 aliphatic heterocycles. The number of likely N-dealkylation sites (N-methyl/N-ethyl adjacent to an activating group) is 1. The van der Waals surface area contributed by atoms with E-state index in [0.717, 1.165) is 37.4 Å². The summed E-state index contributed by atoms with van der Waals surface area (Å²) in [5.74, 6) is 0.340. The molecule has 4 nitrogen and oxygen atoms in total. The van der Waals surface area contributed by atoms with Crippen molar-refractivity contribution in [1.29, 1.82) is 0 Å². The van der Waals surface area contributed by atoms with E-state index in [4.69, 9.17) is 11.6 Å². The Hall–Kier alpha value is -1.17. The minimum Gasteiger partial charge on any atom is -0.341 e. The summed E-state index contributed by atoms with van der Waals surface area (Å²) in [6, 6.07) is 2.95. The Balaban J connectivity index is 1.96. The highest BCUT2D eigenvalue weighted by Gasteiger charge is 2.21. The molecule has 1 aromatic heterocycles. The third-order valence-corrected chi connectivity index (χ3v) is 3.68. The van der Waals surface area contributed by atoms with Gasteiger partial charge in [-0.25, -0.2) is 14.7 Å². The van der Waals surface area contributed by atoms with Gasteiger partial charge in [-0.3, -0.25) is 0 Å². The first-order valence-electron chi connectivity index (χ1n) is 6.33. The second-order valence-corrected chi connectivity index (χ2v) is 5.35. The highest BCUT2D eigenvalue weighted by atomic mass is 35.5. The monoisotopic (exact) mass is 281 g/mol. The normalized spacial score (nSPS) is 21.7. The van der Waals surface area contributed by atoms with Crippen LogP contribution in [0.1, 0.15) is 18.3 Å². The minimum atomic E-state index is -0.442. The van der Waals surface area contributed by atoms with Gasteiger partial charge in [0.2, 0.25) is 0 Å². The molecule has 1 aliphatic rings. The second kappa shape index (κ2) is 5.07. The lowest BCUT2D eigenvalue weighted by Crippen LogP contribution is -2.26. The molecule has 1 N–H and O–H groups in total. The lowest BCUT2D eigenvalue weighted by Gasteiger charge is -2.17. The summed E-state index contributed by atoms with van der Waals surface area (Å²) in [4.78, 5) is 9.88. The molecule has 1 saturated heterocycles. The van der Waals surface area contributed by atoms with Crippen molar-refractivity contribution in [2.45, 2.75) is 12.5 Å². The number of nitrogens with one attached hydrogen (secondary N) is 1. The van der Waals surface area contributed by atoms with E-state index in [1.165, 1.54) is 6.07 Å². The van der Waals surface area contributed by atoms with Crippen LogP contribution in [0, 0.1) is 5.82 Å². The van der Waals surface area contributed by atoms with Crippen LogP contribution in [-0.2, 0) is 0 Å². The molecule has 1 aromatic carbocycles. The number of benzene rings is 1. The molecule has 0 aliphatic carbocycles. The quantitative estimate of drug-likeness (QED) is 0.872. The summed E-state index contributed by atoms with van der Waals surface area (Å²) in [6.07, 6.45) is 1.06. The molecular weight excluding hydrogens is 267 g/mol. The van der Waals surface area contributed by atoms with Gasteiger partial charge in [0.25, 0.3) is 0 Å². The summed E-state index contributed by atoms with van der Waals surface area (Å²) in [7, 11) is 2.08. The van der Waals surface area contributed by atoms with Crippen molar-refractivity contribution in [2.75, 3.05) is 26.7 Å². The van der Waals surface area contributed by atoms with Gasteiger partial charge >= 0.3 is 0 Å². The smallest absolute Gasteiger partial charge is 0.144 e. The van der Waals surface area contributed by atoms with Gasteiger partial charge in [-0.2, -0.15) is 0 Å². The highest BCUT2D eigenvalue weighted by molar-refractivity contribution is 6.31. The Bertz CT molecular complexity index is 559. The van der Waals surface area contributed by atoms with Crippen LogP contribution in [0.2, 0.25) is 5.02 Å². The molecular formula is C13H15ClFN4. The Morgan fingerprint density at radius 3 is 3.16 bits per heavy atom. The number of imidazole rings is 1. The van der Waals surface area contributed by atoms with E-state index >= 15 is 0 Å². The van der Waals surface area contributed by atoms with E-state index in [1.54, 1.807) is 6.07 Å². The number of rotatable bonds is 1. The first kappa shape index (κ1) is 12.8. The third kappa shape index (κ3) is 2.59. The molecule has 101 valence electrons. The minimum absolute atomic E-state index is 0.0155. The highest BCUT2D eigenvalue weighted by Crippen LogP contribution is 2.24. The van der Waals surface area contributed by atoms with E-state index in [9.17, 15) is 4.39 Å². The van der Waals surface area contributed by atoms with Gasteiger partial charge in [0, 0.05) is 19.2 Å². The van der Waals surface area contributed by atoms with Crippen molar-refractivity contribution in [2.24, 2.45) is 0 Å². The zero-order chi connectivity index (χ0) is 13.4. The predicted molar refractivity (Wildman–Crippen MR) is 72.9 cm³/mol. The molecule has 2 aromatic rings. The van der Waals surface area contributed by atoms with Crippen LogP contribution in [0.25, 0.3) is 11.0 Å². The molecule has 0 saturated carbocycles. The maximum atomic E-state index is 13.4. The van der Waals surface area contributed by atoms with Crippen molar-refractivity contribution in [1.82, 2.24) is 20.2 Å². The molecule has 0 bridgehead atoms. The van der Waals surface area contributed by atoms with Crippen LogP contribution in [-0.4, -0.2) is 41.5 Å². The summed E-state index contributed by atoms with van der Waals surface area (Å²) in [5, 5.41) is 4.73. The molecule has 1 atom stereocenters. The van der Waals surface area contributed by atoms with Crippen molar-refractivity contribution < 1.29 is 4.39 Å². The molecule has 1 fully saturated rings. The van der Waals surface area contributed by atoms with Gasteiger partial charge < -0.3 is 9.88 Å². The fourth-order valence-corrected chi connectivity index (χ4v) is 2.55. The fourth-order valence-electron chi connectivity index (χ4n) is 2.39. The van der Waals surface area contributed by atoms with E-state index < -0.39 is 5.82 Å². The van der Waals surface area contributed by atoms with E-state index in [2.05, 4.69) is 27.2 Å². The van der Waals surface area contributed by atoms with Crippen LogP contribution >= 0.6 is 11.6 Å². The molecule has 3 rings (SSSR count). The zero-order valence-electron chi connectivity index (χ0n) is 10.7. The standard InChI is InChI=1S/C13H15ClFN4/c1-19-4-2-3-16-12(7-19)13-17-10-5-8(14)9(15)6-11(10)18-13/h5-6,12H,2-4,7H2,1H3,(H,17,18). The summed E-state index contributed by atoms with van der Waals surface area (Å²) < 4.78 is 13.4. The first-order chi connectivity index (χ1) is 9.13. The SMILES string of the molecule is CN1CCC[N]C(c2nc3cc(F)c(Cl)cc3[nH]2)C1. The third-order valence-electron chi connectivity index (χ3n) is 3.39. The Morgan fingerprint density at radius 2 is 2.32 bits per heavy atom. The molecule has 0 amide bonds. The van der Waals surface area contributed by atoms with Crippen LogP contribution < -0.4 is 5.32 Å². The summed E-state index contributed by atoms with van der Waals surface area (Å²) in [6.45, 7) is 2.71. The first-order valence-corrected chi connectivity index (χ1v) is 6.71. The average molecular weight is 282 g/mol. The number of nitrogens with zero attached hydrogens (tertiary/aromatic N) is 3. The van der Waals surface area contributed by atoms with Gasteiger partial charge in [0.15, 0.2) is 0 Å². The topological polar surface area (TPSA) is 46.0 Å². The van der Waals surface area contributed by atoms with Gasteiger partial charge in [-0.05, 0) is 26.1 Å². The second-order valence-electron chi connectivity index (χ2n) is 4.94. The molecule has 2 heterocycles. The van der Waals surface area contributed by atoms with Crippen molar-refractivity contribution >= 4 is 22.6 Å². The van der Waals surface area contributed by atoms with E-state index in [1.807, 2.05) is 0 Å². The Labute approximate surface area is 116 Å². The number of hydrogen-bond donors (Lipinski definition) is 1. The maximum absolute atomic E-state index is 13.4. The number of H-pyrrole nitrogens is 1. The van der Waals surface area contributed by atoms with Crippen LogP contribution in [0.15, 0.2) is 12.1 Å². The van der Waals surface area contributed by atoms with Gasteiger partial charge in [-0.15, -0.1) is 0 Å². The number of aromatic amines is 1. The van der Waals surface area contributed by atoms with Gasteiger partial charge in [-0.1, -0.05) is 11.6 Å². The van der Waals surface area contributed by atoms with Crippen LogP contribution in [0.4, 0.5) is 4.39 Å². The lowest BCUT2D eigenvalue weighted by molar-refractivity contribution is 0.321. The largest absolute Gasteiger partial charge is 0.341 e. The number of aromatic nitrogens is 2. The zero-order valence-corrected chi connectivity index (χ0v) is 11.4. The Morgan fingerprint density at radius 1 is 1.47 bits per heavy atom. The summed E-state index contributed by atoms with van der Waals surface area (Å²) in [5.41, 5.74) is 1.35. The fraction of sp³-hybridized carbons (Fsp3) is 0.462. The van der Waals surface area contributed by atoms with Crippen molar-refractivity contribution in [3.63, 3.8) is 0 Å². The number of fused-ring (bicyclic) bond motifs is 1. The van der Waals surface area contributed by atoms with Crippen LogP contribution in [0.3, 0.4) is 0 Å². The lowest BCUT2D eigenvalue weighted by atomic mass is 10.2. The number of halogens is 2. The number of hydrogen-bond acceptors (Lipinski definition) is 2. The van der Waals surface area contributed by atoms with Gasteiger partial charge in [0.1, 0.15) is 11.6 Å². The van der Waals surface area contributed by atoms with Crippen molar-refractivity contribution in [3.05, 3.63) is 28.8 Å². The molecule has 1 radical (unpaired) electrons. The van der Waals surface area contributed by atoms with E-state index in [-0.39, 0.29) is 11.1 Å². The maximum Gasteiger partial charge on any atom is 0.144 e. The summed E-state index contributed by atoms with van der Waals surface area (Å²) >= 11 is 5.78. The molecule has 1 unspecified atom stereocenters. The molecule has 6 heteroatoms. The van der Waals surface area contributed by atoms with Crippen LogP contribution in [0.5, 0.6) is 0 Å². The molecule has 19 heavy (non-hydrogen) atoms. The van der Waals surface area contributed by atoms with Gasteiger partial charge in [0.05, 0.1) is 22.1 Å². The Kier molecular flexibility index (Phi) is 3.43. The molecule has 0 spiro atoms.